The zero-order chi connectivity index (χ0) is 17.6. The summed E-state index contributed by atoms with van der Waals surface area (Å²) in [6, 6.07) is 7.39. The van der Waals surface area contributed by atoms with Gasteiger partial charge in [0.15, 0.2) is 16.6 Å². The van der Waals surface area contributed by atoms with E-state index in [1.807, 2.05) is 0 Å². The Hall–Kier alpha value is 0.314. The van der Waals surface area contributed by atoms with Crippen LogP contribution in [0.4, 0.5) is 0 Å². The molecule has 0 unspecified atom stereocenters. The molecule has 0 aromatic heterocycles. The van der Waals surface area contributed by atoms with Crippen molar-refractivity contribution in [3.63, 3.8) is 0 Å². The fraction of sp³-hybridized carbons (Fsp3) is 1.00. The van der Waals surface area contributed by atoms with Gasteiger partial charge in [-0.1, -0.05) is 41.5 Å². The maximum Gasteiger partial charge on any atom is 0.191 e. The van der Waals surface area contributed by atoms with Gasteiger partial charge < -0.3 is 13.6 Å². The van der Waals surface area contributed by atoms with Gasteiger partial charge in [-0.15, -0.1) is 0 Å². The molecule has 0 rings (SSSR count). The summed E-state index contributed by atoms with van der Waals surface area (Å²) in [6.45, 7) is 17.1. The van der Waals surface area contributed by atoms with Gasteiger partial charge in [0.05, 0.1) is 0 Å². The summed E-state index contributed by atoms with van der Waals surface area (Å²) in [7, 11) is -2.81. The van der Waals surface area contributed by atoms with Gasteiger partial charge in [-0.25, -0.2) is 0 Å². The molecular weight excluding hydrogens is 320 g/mol. The highest BCUT2D eigenvalue weighted by atomic mass is 28.4. The molecule has 0 amide bonds. The lowest BCUT2D eigenvalue weighted by Crippen LogP contribution is -2.36. The Bertz CT molecular complexity index is 224. The smallest absolute Gasteiger partial charge is 0.191 e. The molecule has 0 aromatic carbocycles. The van der Waals surface area contributed by atoms with Crippen molar-refractivity contribution in [1.82, 2.24) is 0 Å². The van der Waals surface area contributed by atoms with E-state index >= 15 is 0 Å². The third-order valence-electron chi connectivity index (χ3n) is 5.55. The quantitative estimate of drug-likeness (QED) is 0.255. The van der Waals surface area contributed by atoms with Gasteiger partial charge in [0, 0.05) is 26.4 Å². The largest absolute Gasteiger partial charge is 0.417 e. The van der Waals surface area contributed by atoms with Crippen LogP contribution in [0.1, 0.15) is 54.4 Å². The van der Waals surface area contributed by atoms with Crippen LogP contribution in [0.25, 0.3) is 0 Å². The van der Waals surface area contributed by atoms with Crippen molar-refractivity contribution in [2.75, 3.05) is 26.4 Å². The lowest BCUT2D eigenvalue weighted by atomic mass is 10.5. The second-order valence-corrected chi connectivity index (χ2v) is 16.1. The van der Waals surface area contributed by atoms with Crippen LogP contribution in [-0.4, -0.2) is 43.1 Å². The lowest BCUT2D eigenvalue weighted by Gasteiger charge is -2.28. The van der Waals surface area contributed by atoms with Gasteiger partial charge in [-0.2, -0.15) is 0 Å². The number of ether oxygens (including phenoxy) is 1. The van der Waals surface area contributed by atoms with Gasteiger partial charge >= 0.3 is 0 Å². The normalized spacial score (nSPS) is 12.8. The molecule has 3 nitrogen and oxygen atoms in total. The van der Waals surface area contributed by atoms with Gasteiger partial charge in [-0.05, 0) is 49.1 Å². The molecule has 0 aliphatic carbocycles. The Morgan fingerprint density at radius 2 is 0.783 bits per heavy atom. The SMILES string of the molecule is CC[Si](CC)(CC)OCCCOCCCO[Si](CC)(CC)CC. The van der Waals surface area contributed by atoms with Crippen molar-refractivity contribution in [3.8, 4) is 0 Å². The molecule has 0 spiro atoms. The summed E-state index contributed by atoms with van der Waals surface area (Å²) < 4.78 is 18.2. The van der Waals surface area contributed by atoms with Crippen LogP contribution < -0.4 is 0 Å². The Balaban J connectivity index is 3.64. The van der Waals surface area contributed by atoms with Crippen LogP contribution in [0.2, 0.25) is 36.3 Å². The number of rotatable bonds is 16. The predicted molar refractivity (Wildman–Crippen MR) is 106 cm³/mol. The minimum Gasteiger partial charge on any atom is -0.417 e. The Morgan fingerprint density at radius 1 is 0.478 bits per heavy atom. The van der Waals surface area contributed by atoms with E-state index in [1.54, 1.807) is 0 Å². The third kappa shape index (κ3) is 8.82. The summed E-state index contributed by atoms with van der Waals surface area (Å²) in [5, 5.41) is 0. The van der Waals surface area contributed by atoms with Crippen molar-refractivity contribution in [3.05, 3.63) is 0 Å². The van der Waals surface area contributed by atoms with Gasteiger partial charge in [0.1, 0.15) is 0 Å². The van der Waals surface area contributed by atoms with Gasteiger partial charge in [-0.3, -0.25) is 0 Å². The first-order valence-corrected chi connectivity index (χ1v) is 15.0. The van der Waals surface area contributed by atoms with Crippen molar-refractivity contribution in [1.29, 1.82) is 0 Å². The summed E-state index contributed by atoms with van der Waals surface area (Å²) in [5.41, 5.74) is 0. The lowest BCUT2D eigenvalue weighted by molar-refractivity contribution is 0.105. The van der Waals surface area contributed by atoms with Crippen LogP contribution in [0, 0.1) is 0 Å². The molecular formula is C18H42O3Si2. The maximum absolute atomic E-state index is 6.23. The average Bonchev–Trinajstić information content (AvgIpc) is 2.61. The Labute approximate surface area is 147 Å². The van der Waals surface area contributed by atoms with Crippen molar-refractivity contribution in [2.24, 2.45) is 0 Å². The fourth-order valence-electron chi connectivity index (χ4n) is 3.11. The molecule has 0 aliphatic rings. The first kappa shape index (κ1) is 23.3. The van der Waals surface area contributed by atoms with Gasteiger partial charge in [0.2, 0.25) is 0 Å². The molecule has 0 bridgehead atoms. The minimum absolute atomic E-state index is 0.819. The topological polar surface area (TPSA) is 27.7 Å². The van der Waals surface area contributed by atoms with Crippen LogP contribution in [0.3, 0.4) is 0 Å². The van der Waals surface area contributed by atoms with E-state index in [-0.39, 0.29) is 0 Å². The van der Waals surface area contributed by atoms with E-state index in [2.05, 4.69) is 41.5 Å². The van der Waals surface area contributed by atoms with E-state index in [9.17, 15) is 0 Å². The van der Waals surface area contributed by atoms with Crippen molar-refractivity contribution < 1.29 is 13.6 Å². The molecule has 0 N–H and O–H groups in total. The molecule has 0 heterocycles. The highest BCUT2D eigenvalue weighted by Gasteiger charge is 2.28. The third-order valence-corrected chi connectivity index (χ3v) is 14.9. The summed E-state index contributed by atoms with van der Waals surface area (Å²) in [4.78, 5) is 0. The molecule has 0 aliphatic heterocycles. The molecule has 5 heteroatoms. The van der Waals surface area contributed by atoms with E-state index in [0.717, 1.165) is 39.3 Å². The molecule has 0 radical (unpaired) electrons. The minimum atomic E-state index is -1.40. The maximum atomic E-state index is 6.23. The standard InChI is InChI=1S/C18H42O3Si2/c1-7-22(8-2,9-3)20-17-13-15-19-16-14-18-21-23(10-4,11-5)12-6/h7-18H2,1-6H3. The van der Waals surface area contributed by atoms with Crippen LogP contribution in [-0.2, 0) is 13.6 Å². The van der Waals surface area contributed by atoms with Crippen LogP contribution >= 0.6 is 0 Å². The molecule has 0 atom stereocenters. The second-order valence-electron chi connectivity index (χ2n) is 6.50. The highest BCUT2D eigenvalue weighted by molar-refractivity contribution is 6.73. The Kier molecular flexibility index (Phi) is 13.8. The van der Waals surface area contributed by atoms with E-state index < -0.39 is 16.6 Å². The predicted octanol–water partition coefficient (Wildman–Crippen LogP) is 5.83. The summed E-state index contributed by atoms with van der Waals surface area (Å²) in [6.07, 6.45) is 2.04. The van der Waals surface area contributed by atoms with E-state index in [0.29, 0.717) is 0 Å². The zero-order valence-corrected chi connectivity index (χ0v) is 18.7. The molecule has 23 heavy (non-hydrogen) atoms. The molecule has 140 valence electrons. The van der Waals surface area contributed by atoms with Crippen molar-refractivity contribution >= 4 is 16.6 Å². The molecule has 0 saturated carbocycles. The monoisotopic (exact) mass is 362 g/mol. The average molecular weight is 363 g/mol. The summed E-state index contributed by atoms with van der Waals surface area (Å²) in [5.74, 6) is 0. The second kappa shape index (κ2) is 13.6. The molecule has 0 saturated heterocycles. The summed E-state index contributed by atoms with van der Waals surface area (Å²) >= 11 is 0. The molecule has 0 aromatic rings. The molecule has 0 fully saturated rings. The first-order valence-electron chi connectivity index (χ1n) is 9.93. The van der Waals surface area contributed by atoms with Gasteiger partial charge in [0.25, 0.3) is 0 Å². The first-order chi connectivity index (χ1) is 11.1. The number of hydrogen-bond acceptors (Lipinski definition) is 3. The van der Waals surface area contributed by atoms with E-state index in [4.69, 9.17) is 13.6 Å². The van der Waals surface area contributed by atoms with Crippen molar-refractivity contribution in [2.45, 2.75) is 90.6 Å². The Morgan fingerprint density at radius 3 is 1.04 bits per heavy atom. The highest BCUT2D eigenvalue weighted by Crippen LogP contribution is 2.22. The number of hydrogen-bond donors (Lipinski definition) is 0. The van der Waals surface area contributed by atoms with Crippen LogP contribution in [0.15, 0.2) is 0 Å². The van der Waals surface area contributed by atoms with Crippen LogP contribution in [0.5, 0.6) is 0 Å². The van der Waals surface area contributed by atoms with E-state index in [1.165, 1.54) is 36.3 Å². The zero-order valence-electron chi connectivity index (χ0n) is 16.7. The fourth-order valence-corrected chi connectivity index (χ4v) is 8.49.